The van der Waals surface area contributed by atoms with Crippen LogP contribution in [-0.4, -0.2) is 0 Å². The van der Waals surface area contributed by atoms with Crippen molar-refractivity contribution in [3.63, 3.8) is 0 Å². The van der Waals surface area contributed by atoms with Gasteiger partial charge in [-0.05, 0) is 60.6 Å². The zero-order valence-corrected chi connectivity index (χ0v) is 10.9. The van der Waals surface area contributed by atoms with Crippen LogP contribution in [0.2, 0.25) is 0 Å². The second-order valence-electron chi connectivity index (χ2n) is 5.33. The second-order valence-corrected chi connectivity index (χ2v) is 5.33. The molecule has 18 heavy (non-hydrogen) atoms. The van der Waals surface area contributed by atoms with E-state index in [1.54, 1.807) is 0 Å². The average molecular weight is 238 g/mol. The minimum atomic E-state index is 0.738. The van der Waals surface area contributed by atoms with Crippen molar-refractivity contribution in [2.75, 3.05) is 0 Å². The van der Waals surface area contributed by atoms with Crippen molar-refractivity contribution in [1.82, 2.24) is 0 Å². The van der Waals surface area contributed by atoms with Crippen LogP contribution in [0.1, 0.15) is 23.6 Å². The Bertz CT molecular complexity index is 572. The summed E-state index contributed by atoms with van der Waals surface area (Å²) < 4.78 is 6.05. The molecular formula is C17H18O. The molecule has 0 amide bonds. The van der Waals surface area contributed by atoms with Crippen LogP contribution in [0.4, 0.5) is 0 Å². The van der Waals surface area contributed by atoms with E-state index in [0.29, 0.717) is 0 Å². The normalized spacial score (nSPS) is 17.6. The lowest BCUT2D eigenvalue weighted by atomic mass is 10.1. The Kier molecular flexibility index (Phi) is 2.83. The van der Waals surface area contributed by atoms with Crippen LogP contribution in [0.3, 0.4) is 0 Å². The second kappa shape index (κ2) is 4.49. The molecule has 92 valence electrons. The zero-order valence-electron chi connectivity index (χ0n) is 10.9. The molecule has 2 aromatic carbocycles. The van der Waals surface area contributed by atoms with Gasteiger partial charge in [0.2, 0.25) is 0 Å². The predicted octanol–water partition coefficient (Wildman–Crippen LogP) is 4.52. The van der Waals surface area contributed by atoms with Crippen molar-refractivity contribution in [2.24, 2.45) is 5.92 Å². The van der Waals surface area contributed by atoms with Gasteiger partial charge in [0.1, 0.15) is 11.5 Å². The molecule has 2 aromatic rings. The first-order chi connectivity index (χ1) is 8.72. The summed E-state index contributed by atoms with van der Waals surface area (Å²) in [6.45, 7) is 4.39. The molecule has 0 aliphatic heterocycles. The smallest absolute Gasteiger partial charge is 0.130 e. The monoisotopic (exact) mass is 238 g/mol. The van der Waals surface area contributed by atoms with Gasteiger partial charge in [0.25, 0.3) is 0 Å². The van der Waals surface area contributed by atoms with Gasteiger partial charge in [0, 0.05) is 0 Å². The Balaban J connectivity index is 1.93. The highest BCUT2D eigenvalue weighted by Gasteiger charge is 2.21. The molecule has 0 aromatic heterocycles. The molecule has 1 heteroatoms. The van der Waals surface area contributed by atoms with Gasteiger partial charge < -0.3 is 4.74 Å². The SMILES string of the molecule is Cc1cccc(Oc2cccc3c2CC(C)C3)c1. The Morgan fingerprint density at radius 2 is 1.89 bits per heavy atom. The number of rotatable bonds is 2. The van der Waals surface area contributed by atoms with Crippen LogP contribution in [0.15, 0.2) is 42.5 Å². The fourth-order valence-electron chi connectivity index (χ4n) is 2.73. The van der Waals surface area contributed by atoms with E-state index in [-0.39, 0.29) is 0 Å². The summed E-state index contributed by atoms with van der Waals surface area (Å²) in [7, 11) is 0. The Morgan fingerprint density at radius 1 is 1.06 bits per heavy atom. The first kappa shape index (κ1) is 11.3. The summed E-state index contributed by atoms with van der Waals surface area (Å²) in [5.41, 5.74) is 4.08. The standard InChI is InChI=1S/C17H18O/c1-12-5-3-7-15(10-12)18-17-8-4-6-14-9-13(2)11-16(14)17/h3-8,10,13H,9,11H2,1-2H3. The lowest BCUT2D eigenvalue weighted by Gasteiger charge is -2.10. The molecule has 0 bridgehead atoms. The van der Waals surface area contributed by atoms with E-state index in [9.17, 15) is 0 Å². The van der Waals surface area contributed by atoms with Crippen molar-refractivity contribution in [2.45, 2.75) is 26.7 Å². The van der Waals surface area contributed by atoms with Gasteiger partial charge in [0.05, 0.1) is 0 Å². The van der Waals surface area contributed by atoms with Crippen molar-refractivity contribution in [3.8, 4) is 11.5 Å². The topological polar surface area (TPSA) is 9.23 Å². The fourth-order valence-corrected chi connectivity index (χ4v) is 2.73. The summed E-state index contributed by atoms with van der Waals surface area (Å²) >= 11 is 0. The highest BCUT2D eigenvalue weighted by atomic mass is 16.5. The Labute approximate surface area is 108 Å². The maximum absolute atomic E-state index is 6.05. The third-order valence-corrected chi connectivity index (χ3v) is 3.57. The molecule has 1 atom stereocenters. The minimum absolute atomic E-state index is 0.738. The fraction of sp³-hybridized carbons (Fsp3) is 0.294. The lowest BCUT2D eigenvalue weighted by molar-refractivity contribution is 0.474. The third-order valence-electron chi connectivity index (χ3n) is 3.57. The number of ether oxygens (including phenoxy) is 1. The van der Waals surface area contributed by atoms with E-state index in [1.807, 2.05) is 12.1 Å². The molecule has 3 rings (SSSR count). The largest absolute Gasteiger partial charge is 0.457 e. The highest BCUT2D eigenvalue weighted by molar-refractivity contribution is 5.46. The Hall–Kier alpha value is -1.76. The Morgan fingerprint density at radius 3 is 2.72 bits per heavy atom. The number of fused-ring (bicyclic) bond motifs is 1. The molecule has 0 saturated heterocycles. The lowest BCUT2D eigenvalue weighted by Crippen LogP contribution is -1.92. The van der Waals surface area contributed by atoms with E-state index >= 15 is 0 Å². The molecule has 0 heterocycles. The van der Waals surface area contributed by atoms with Crippen LogP contribution in [0.5, 0.6) is 11.5 Å². The quantitative estimate of drug-likeness (QED) is 0.747. The molecule has 0 spiro atoms. The summed E-state index contributed by atoms with van der Waals surface area (Å²) in [5.74, 6) is 2.70. The van der Waals surface area contributed by atoms with Gasteiger partial charge in [-0.15, -0.1) is 0 Å². The van der Waals surface area contributed by atoms with Crippen molar-refractivity contribution in [3.05, 3.63) is 59.2 Å². The molecule has 1 aliphatic rings. The third kappa shape index (κ3) is 2.13. The maximum Gasteiger partial charge on any atom is 0.130 e. The maximum atomic E-state index is 6.05. The molecule has 0 N–H and O–H groups in total. The molecule has 1 nitrogen and oxygen atoms in total. The van der Waals surface area contributed by atoms with Gasteiger partial charge >= 0.3 is 0 Å². The van der Waals surface area contributed by atoms with Crippen LogP contribution in [0, 0.1) is 12.8 Å². The minimum Gasteiger partial charge on any atom is -0.457 e. The van der Waals surface area contributed by atoms with Crippen LogP contribution < -0.4 is 4.74 Å². The van der Waals surface area contributed by atoms with Gasteiger partial charge in [-0.3, -0.25) is 0 Å². The molecule has 1 unspecified atom stereocenters. The van der Waals surface area contributed by atoms with E-state index in [4.69, 9.17) is 4.74 Å². The number of hydrogen-bond donors (Lipinski definition) is 0. The number of benzene rings is 2. The first-order valence-corrected chi connectivity index (χ1v) is 6.57. The molecule has 0 fully saturated rings. The molecule has 0 saturated carbocycles. The van der Waals surface area contributed by atoms with Crippen molar-refractivity contribution in [1.29, 1.82) is 0 Å². The summed E-state index contributed by atoms with van der Waals surface area (Å²) in [6, 6.07) is 14.6. The van der Waals surface area contributed by atoms with E-state index in [1.165, 1.54) is 23.1 Å². The predicted molar refractivity (Wildman–Crippen MR) is 74.3 cm³/mol. The van der Waals surface area contributed by atoms with Gasteiger partial charge in [-0.2, -0.15) is 0 Å². The molecule has 0 radical (unpaired) electrons. The van der Waals surface area contributed by atoms with E-state index in [2.05, 4.69) is 44.2 Å². The average Bonchev–Trinajstić information content (AvgIpc) is 2.71. The summed E-state index contributed by atoms with van der Waals surface area (Å²) in [4.78, 5) is 0. The van der Waals surface area contributed by atoms with E-state index < -0.39 is 0 Å². The van der Waals surface area contributed by atoms with Crippen molar-refractivity contribution >= 4 is 0 Å². The molecule has 1 aliphatic carbocycles. The summed E-state index contributed by atoms with van der Waals surface area (Å²) in [6.07, 6.45) is 2.32. The van der Waals surface area contributed by atoms with Crippen LogP contribution in [0.25, 0.3) is 0 Å². The molecular weight excluding hydrogens is 220 g/mol. The van der Waals surface area contributed by atoms with Crippen molar-refractivity contribution < 1.29 is 4.74 Å². The van der Waals surface area contributed by atoms with E-state index in [0.717, 1.165) is 23.8 Å². The zero-order chi connectivity index (χ0) is 12.5. The number of aryl methyl sites for hydroxylation is 1. The number of hydrogen-bond acceptors (Lipinski definition) is 1. The summed E-state index contributed by atoms with van der Waals surface area (Å²) in [5, 5.41) is 0. The van der Waals surface area contributed by atoms with Crippen LogP contribution in [-0.2, 0) is 12.8 Å². The van der Waals surface area contributed by atoms with Gasteiger partial charge in [-0.1, -0.05) is 31.2 Å². The highest BCUT2D eigenvalue weighted by Crippen LogP contribution is 2.35. The first-order valence-electron chi connectivity index (χ1n) is 6.57. The van der Waals surface area contributed by atoms with Gasteiger partial charge in [-0.25, -0.2) is 0 Å². The van der Waals surface area contributed by atoms with Crippen LogP contribution >= 0.6 is 0 Å². The van der Waals surface area contributed by atoms with Gasteiger partial charge in [0.15, 0.2) is 0 Å².